The molecule has 0 saturated carbocycles. The molecule has 12 heteroatoms. The third-order valence-electron chi connectivity index (χ3n) is 5.02. The highest BCUT2D eigenvalue weighted by Crippen LogP contribution is 2.37. The molecule has 0 aliphatic carbocycles. The Bertz CT molecular complexity index is 1290. The van der Waals surface area contributed by atoms with Crippen molar-refractivity contribution < 1.29 is 19.3 Å². The van der Waals surface area contributed by atoms with E-state index in [1.54, 1.807) is 24.3 Å². The number of benzene rings is 2. The molecule has 0 spiro atoms. The van der Waals surface area contributed by atoms with Gasteiger partial charge in [0.2, 0.25) is 5.91 Å². The summed E-state index contributed by atoms with van der Waals surface area (Å²) in [6.07, 6.45) is 2.73. The van der Waals surface area contributed by atoms with Crippen LogP contribution in [-0.2, 0) is 14.4 Å². The van der Waals surface area contributed by atoms with Gasteiger partial charge in [-0.15, -0.1) is 0 Å². The number of carbonyl (C=O) groups is 3. The molecule has 0 bridgehead atoms. The topological polar surface area (TPSA) is 101 Å². The second-order valence-corrected chi connectivity index (χ2v) is 9.74. The van der Waals surface area contributed by atoms with Gasteiger partial charge in [0, 0.05) is 22.2 Å². The quantitative estimate of drug-likeness (QED) is 0.177. The fourth-order valence-corrected chi connectivity index (χ4v) is 5.22. The number of halogens is 2. The fourth-order valence-electron chi connectivity index (χ4n) is 3.45. The van der Waals surface area contributed by atoms with E-state index >= 15 is 0 Å². The van der Waals surface area contributed by atoms with Crippen LogP contribution < -0.4 is 4.90 Å². The largest absolute Gasteiger partial charge is 0.280 e. The van der Waals surface area contributed by atoms with Gasteiger partial charge in [0.25, 0.3) is 17.5 Å². The summed E-state index contributed by atoms with van der Waals surface area (Å²) in [7, 11) is 0. The van der Waals surface area contributed by atoms with Crippen LogP contribution in [0.15, 0.2) is 64.5 Å². The van der Waals surface area contributed by atoms with Crippen LogP contribution in [0, 0.1) is 10.1 Å². The van der Waals surface area contributed by atoms with E-state index in [4.69, 9.17) is 35.4 Å². The first-order valence-electron chi connectivity index (χ1n) is 9.67. The summed E-state index contributed by atoms with van der Waals surface area (Å²) in [6, 6.07) is 10.9. The highest BCUT2D eigenvalue weighted by atomic mass is 35.5. The molecule has 2 aliphatic rings. The number of non-ortho nitro benzene ring substituents is 1. The second-order valence-electron chi connectivity index (χ2n) is 7.19. The number of allylic oxidation sites excluding steroid dienone is 2. The Kier molecular flexibility index (Phi) is 6.85. The average Bonchev–Trinajstić information content (AvgIpc) is 3.22. The van der Waals surface area contributed by atoms with Gasteiger partial charge in [-0.1, -0.05) is 47.2 Å². The van der Waals surface area contributed by atoms with Crippen molar-refractivity contribution in [3.05, 3.63) is 85.2 Å². The normalized spacial score (nSPS) is 20.1. The molecule has 0 radical (unpaired) electrons. The van der Waals surface area contributed by atoms with Crippen molar-refractivity contribution in [3.8, 4) is 0 Å². The van der Waals surface area contributed by atoms with Gasteiger partial charge in [-0.05, 0) is 54.1 Å². The zero-order chi connectivity index (χ0) is 24.6. The van der Waals surface area contributed by atoms with Gasteiger partial charge < -0.3 is 0 Å². The van der Waals surface area contributed by atoms with E-state index in [9.17, 15) is 24.5 Å². The van der Waals surface area contributed by atoms with Gasteiger partial charge in [-0.25, -0.2) is 4.90 Å². The molecule has 1 unspecified atom stereocenters. The van der Waals surface area contributed by atoms with E-state index in [1.165, 1.54) is 36.4 Å². The summed E-state index contributed by atoms with van der Waals surface area (Å²) in [5.74, 6) is -1.54. The van der Waals surface area contributed by atoms with Gasteiger partial charge in [0.05, 0.1) is 21.9 Å². The van der Waals surface area contributed by atoms with E-state index < -0.39 is 28.7 Å². The number of nitrogens with zero attached hydrogens (tertiary/aromatic N) is 3. The number of amides is 3. The Labute approximate surface area is 212 Å². The number of hydrogen-bond donors (Lipinski definition) is 0. The molecule has 2 aromatic carbocycles. The molecule has 0 aromatic heterocycles. The minimum atomic E-state index is -1.06. The molecule has 2 saturated heterocycles. The van der Waals surface area contributed by atoms with E-state index in [0.29, 0.717) is 16.3 Å². The molecule has 2 aliphatic heterocycles. The van der Waals surface area contributed by atoms with Crippen LogP contribution in [-0.4, -0.2) is 37.9 Å². The van der Waals surface area contributed by atoms with E-state index in [2.05, 4.69) is 0 Å². The van der Waals surface area contributed by atoms with Crippen molar-refractivity contribution >= 4 is 86.7 Å². The van der Waals surface area contributed by atoms with Crippen LogP contribution in [0.5, 0.6) is 0 Å². The SMILES string of the molecule is O=C1CC(N2C(=O)/C(=C/C(Cl)=C/c3ccc([N+](=O)[O-])cc3)SC2=S)C(=O)N1c1ccc(Cl)cc1. The second kappa shape index (κ2) is 9.67. The van der Waals surface area contributed by atoms with Crippen molar-refractivity contribution in [2.24, 2.45) is 0 Å². The number of thiocarbonyl (C=S) groups is 1. The first-order valence-corrected chi connectivity index (χ1v) is 11.6. The molecular weight excluding hydrogens is 521 g/mol. The smallest absolute Gasteiger partial charge is 0.269 e. The van der Waals surface area contributed by atoms with Crippen LogP contribution in [0.2, 0.25) is 5.02 Å². The zero-order valence-corrected chi connectivity index (χ0v) is 20.2. The van der Waals surface area contributed by atoms with E-state index in [1.807, 2.05) is 0 Å². The number of thioether (sulfide) groups is 1. The van der Waals surface area contributed by atoms with Crippen molar-refractivity contribution in [1.82, 2.24) is 4.90 Å². The predicted octanol–water partition coefficient (Wildman–Crippen LogP) is 4.90. The van der Waals surface area contributed by atoms with E-state index in [-0.39, 0.29) is 26.4 Å². The number of nitro groups is 1. The number of anilines is 1. The first-order chi connectivity index (χ1) is 16.2. The highest BCUT2D eigenvalue weighted by molar-refractivity contribution is 8.26. The average molecular weight is 534 g/mol. The maximum absolute atomic E-state index is 13.0. The minimum absolute atomic E-state index is 0.0578. The molecule has 34 heavy (non-hydrogen) atoms. The third-order valence-corrected chi connectivity index (χ3v) is 6.82. The molecule has 4 rings (SSSR count). The number of carbonyl (C=O) groups excluding carboxylic acids is 3. The van der Waals surface area contributed by atoms with Crippen LogP contribution in [0.4, 0.5) is 11.4 Å². The van der Waals surface area contributed by atoms with Gasteiger partial charge in [0.1, 0.15) is 10.4 Å². The van der Waals surface area contributed by atoms with Crippen molar-refractivity contribution in [3.63, 3.8) is 0 Å². The van der Waals surface area contributed by atoms with Gasteiger partial charge >= 0.3 is 0 Å². The van der Waals surface area contributed by atoms with Gasteiger partial charge in [-0.2, -0.15) is 0 Å². The summed E-state index contributed by atoms with van der Waals surface area (Å²) in [6.45, 7) is 0. The fraction of sp³-hybridized carbons (Fsp3) is 0.0909. The molecule has 8 nitrogen and oxygen atoms in total. The van der Waals surface area contributed by atoms with Gasteiger partial charge in [-0.3, -0.25) is 29.4 Å². The van der Waals surface area contributed by atoms with E-state index in [0.717, 1.165) is 21.6 Å². The van der Waals surface area contributed by atoms with Crippen molar-refractivity contribution in [2.45, 2.75) is 12.5 Å². The van der Waals surface area contributed by atoms with Gasteiger partial charge in [0.15, 0.2) is 0 Å². The lowest BCUT2D eigenvalue weighted by Crippen LogP contribution is -2.44. The third kappa shape index (κ3) is 4.76. The first kappa shape index (κ1) is 24.1. The summed E-state index contributed by atoms with van der Waals surface area (Å²) in [4.78, 5) is 51.3. The molecule has 3 amide bonds. The Morgan fingerprint density at radius 2 is 1.76 bits per heavy atom. The molecule has 2 heterocycles. The summed E-state index contributed by atoms with van der Waals surface area (Å²) < 4.78 is 0.139. The lowest BCUT2D eigenvalue weighted by molar-refractivity contribution is -0.384. The Morgan fingerprint density at radius 3 is 2.38 bits per heavy atom. The Morgan fingerprint density at radius 1 is 1.12 bits per heavy atom. The molecular formula is C22H13Cl2N3O5S2. The zero-order valence-electron chi connectivity index (χ0n) is 17.0. The summed E-state index contributed by atoms with van der Waals surface area (Å²) in [5, 5.41) is 11.4. The van der Waals surface area contributed by atoms with Crippen LogP contribution >= 0.6 is 47.2 Å². The van der Waals surface area contributed by atoms with Crippen LogP contribution in [0.3, 0.4) is 0 Å². The van der Waals surface area contributed by atoms with Crippen LogP contribution in [0.1, 0.15) is 12.0 Å². The van der Waals surface area contributed by atoms with Crippen LogP contribution in [0.25, 0.3) is 6.08 Å². The summed E-state index contributed by atoms with van der Waals surface area (Å²) in [5.41, 5.74) is 0.895. The maximum Gasteiger partial charge on any atom is 0.269 e. The highest BCUT2D eigenvalue weighted by Gasteiger charge is 2.48. The monoisotopic (exact) mass is 533 g/mol. The molecule has 0 N–H and O–H groups in total. The maximum atomic E-state index is 13.0. The number of nitro benzene ring substituents is 1. The lowest BCUT2D eigenvalue weighted by atomic mass is 10.2. The minimum Gasteiger partial charge on any atom is -0.280 e. The number of rotatable bonds is 5. The number of imide groups is 1. The van der Waals surface area contributed by atoms with Crippen molar-refractivity contribution in [1.29, 1.82) is 0 Å². The number of hydrogen-bond acceptors (Lipinski definition) is 7. The standard InChI is InChI=1S/C22H13Cl2N3O5S2/c23-13-3-7-15(8-4-13)25-19(28)11-17(20(25)29)26-21(30)18(34-22(26)33)10-14(24)9-12-1-5-16(6-2-12)27(31)32/h1-10,17H,11H2/b14-9-,18-10-. The predicted molar refractivity (Wildman–Crippen MR) is 134 cm³/mol. The van der Waals surface area contributed by atoms with Crippen molar-refractivity contribution in [2.75, 3.05) is 4.90 Å². The molecule has 2 fully saturated rings. The Hall–Kier alpha value is -3.05. The molecule has 2 aromatic rings. The molecule has 1 atom stereocenters. The summed E-state index contributed by atoms with van der Waals surface area (Å²) >= 11 is 18.4. The molecule has 172 valence electrons. The Balaban J connectivity index is 1.53. The lowest BCUT2D eigenvalue weighted by Gasteiger charge is -2.21.